The summed E-state index contributed by atoms with van der Waals surface area (Å²) in [6.45, 7) is -0.0889. The Morgan fingerprint density at radius 1 is 1.11 bits per heavy atom. The molecule has 0 fully saturated rings. The van der Waals surface area contributed by atoms with E-state index in [0.717, 1.165) is 11.1 Å². The Bertz CT molecular complexity index is 1040. The standard InChI is InChI=1S/C30H38N2O6/c1-37-21-26-29(23-14-9-5-10-15-23)38-28(35)17-11-3-2-8-16-24(30(36)32-26)19-27(34)31-25(20-33)18-22-12-6-4-7-13-22/h2,4-10,12-15,24-26,29,33H,3,11,16-21H2,1H3,(H,31,34)(H,32,36)/t24-,25+,26+,29+/m1/s1. The largest absolute Gasteiger partial charge is 0.455 e. The summed E-state index contributed by atoms with van der Waals surface area (Å²) in [5.74, 6) is -1.63. The molecule has 38 heavy (non-hydrogen) atoms. The third-order valence-corrected chi connectivity index (χ3v) is 6.48. The van der Waals surface area contributed by atoms with E-state index in [1.807, 2.05) is 72.8 Å². The summed E-state index contributed by atoms with van der Waals surface area (Å²) in [6.07, 6.45) is 5.43. The quantitative estimate of drug-likeness (QED) is 0.344. The Morgan fingerprint density at radius 2 is 1.82 bits per heavy atom. The molecule has 0 bridgehead atoms. The van der Waals surface area contributed by atoms with Crippen LogP contribution in [0.5, 0.6) is 0 Å². The summed E-state index contributed by atoms with van der Waals surface area (Å²) in [7, 11) is 1.52. The zero-order valence-corrected chi connectivity index (χ0v) is 21.9. The lowest BCUT2D eigenvalue weighted by Crippen LogP contribution is -2.47. The van der Waals surface area contributed by atoms with Gasteiger partial charge in [0.2, 0.25) is 11.8 Å². The maximum absolute atomic E-state index is 13.5. The Balaban J connectivity index is 1.76. The highest BCUT2D eigenvalue weighted by Crippen LogP contribution is 2.24. The van der Waals surface area contributed by atoms with Crippen molar-refractivity contribution in [1.29, 1.82) is 0 Å². The van der Waals surface area contributed by atoms with Gasteiger partial charge in [-0.15, -0.1) is 0 Å². The van der Waals surface area contributed by atoms with Gasteiger partial charge in [-0.1, -0.05) is 72.8 Å². The molecule has 3 rings (SSSR count). The van der Waals surface area contributed by atoms with Crippen molar-refractivity contribution < 1.29 is 29.0 Å². The molecular weight excluding hydrogens is 484 g/mol. The fraction of sp³-hybridized carbons (Fsp3) is 0.433. The van der Waals surface area contributed by atoms with Gasteiger partial charge in [-0.3, -0.25) is 14.4 Å². The van der Waals surface area contributed by atoms with E-state index in [0.29, 0.717) is 25.7 Å². The zero-order chi connectivity index (χ0) is 27.2. The van der Waals surface area contributed by atoms with E-state index in [9.17, 15) is 19.5 Å². The van der Waals surface area contributed by atoms with Crippen molar-refractivity contribution >= 4 is 17.8 Å². The zero-order valence-electron chi connectivity index (χ0n) is 21.9. The number of aliphatic hydroxyl groups excluding tert-OH is 1. The van der Waals surface area contributed by atoms with Gasteiger partial charge >= 0.3 is 5.97 Å². The lowest BCUT2D eigenvalue weighted by atomic mass is 9.96. The lowest BCUT2D eigenvalue weighted by molar-refractivity contribution is -0.153. The number of amides is 2. The number of hydrogen-bond acceptors (Lipinski definition) is 6. The smallest absolute Gasteiger partial charge is 0.306 e. The Morgan fingerprint density at radius 3 is 2.50 bits per heavy atom. The van der Waals surface area contributed by atoms with Crippen LogP contribution in [0.1, 0.15) is 49.3 Å². The van der Waals surface area contributed by atoms with Crippen LogP contribution in [0.2, 0.25) is 0 Å². The molecule has 204 valence electrons. The number of rotatable bonds is 9. The number of hydrogen-bond donors (Lipinski definition) is 3. The Hall–Kier alpha value is -3.49. The van der Waals surface area contributed by atoms with Gasteiger partial charge in [-0.25, -0.2) is 0 Å². The third-order valence-electron chi connectivity index (χ3n) is 6.48. The number of esters is 1. The van der Waals surface area contributed by atoms with Crippen LogP contribution in [-0.4, -0.2) is 55.3 Å². The molecular formula is C30H38N2O6. The Kier molecular flexibility index (Phi) is 12.0. The molecule has 8 heteroatoms. The van der Waals surface area contributed by atoms with Gasteiger partial charge in [0.05, 0.1) is 31.2 Å². The minimum Gasteiger partial charge on any atom is -0.455 e. The highest BCUT2D eigenvalue weighted by Gasteiger charge is 2.31. The topological polar surface area (TPSA) is 114 Å². The van der Waals surface area contributed by atoms with E-state index >= 15 is 0 Å². The number of aliphatic hydroxyl groups is 1. The molecule has 0 unspecified atom stereocenters. The maximum Gasteiger partial charge on any atom is 0.306 e. The van der Waals surface area contributed by atoms with Crippen LogP contribution in [0.25, 0.3) is 0 Å². The van der Waals surface area contributed by atoms with Crippen LogP contribution in [-0.2, 0) is 30.3 Å². The van der Waals surface area contributed by atoms with Crippen molar-refractivity contribution in [2.24, 2.45) is 5.92 Å². The highest BCUT2D eigenvalue weighted by molar-refractivity contribution is 5.86. The van der Waals surface area contributed by atoms with Crippen LogP contribution in [0.4, 0.5) is 0 Å². The van der Waals surface area contributed by atoms with Crippen LogP contribution >= 0.6 is 0 Å². The minimum atomic E-state index is -0.736. The van der Waals surface area contributed by atoms with Gasteiger partial charge in [0.1, 0.15) is 6.10 Å². The summed E-state index contributed by atoms with van der Waals surface area (Å²) in [5.41, 5.74) is 1.75. The first kappa shape index (κ1) is 29.1. The van der Waals surface area contributed by atoms with Crippen LogP contribution < -0.4 is 10.6 Å². The third kappa shape index (κ3) is 9.43. The molecule has 0 spiro atoms. The lowest BCUT2D eigenvalue weighted by Gasteiger charge is -2.29. The van der Waals surface area contributed by atoms with Crippen molar-refractivity contribution in [1.82, 2.24) is 10.6 Å². The summed E-state index contributed by atoms with van der Waals surface area (Å²) < 4.78 is 11.2. The minimum absolute atomic E-state index is 0.0447. The molecule has 2 aromatic carbocycles. The molecule has 1 aliphatic rings. The first-order valence-electron chi connectivity index (χ1n) is 13.1. The highest BCUT2D eigenvalue weighted by atomic mass is 16.5. The number of carbonyl (C=O) groups is 3. The van der Waals surface area contributed by atoms with E-state index in [1.165, 1.54) is 7.11 Å². The summed E-state index contributed by atoms with van der Waals surface area (Å²) in [5, 5.41) is 15.7. The second kappa shape index (κ2) is 15.7. The number of carbonyl (C=O) groups excluding carboxylic acids is 3. The molecule has 0 saturated carbocycles. The molecule has 1 aliphatic heterocycles. The second-order valence-corrected chi connectivity index (χ2v) is 9.53. The molecule has 2 amide bonds. The molecule has 3 N–H and O–H groups in total. The monoisotopic (exact) mass is 522 g/mol. The van der Waals surface area contributed by atoms with Crippen molar-refractivity contribution in [3.8, 4) is 0 Å². The number of cyclic esters (lactones) is 1. The fourth-order valence-corrected chi connectivity index (χ4v) is 4.51. The molecule has 2 aromatic rings. The SMILES string of the molecule is COC[C@@H]1NC(=O)[C@@H](CC(=O)N[C@H](CO)Cc2ccccc2)CC=CCCCC(=O)O[C@H]1c1ccccc1. The van der Waals surface area contributed by atoms with Gasteiger partial charge < -0.3 is 25.2 Å². The molecule has 8 nitrogen and oxygen atoms in total. The van der Waals surface area contributed by atoms with E-state index in [2.05, 4.69) is 10.6 Å². The first-order chi connectivity index (χ1) is 18.5. The van der Waals surface area contributed by atoms with E-state index in [4.69, 9.17) is 9.47 Å². The van der Waals surface area contributed by atoms with E-state index < -0.39 is 24.1 Å². The number of ether oxygens (including phenoxy) is 2. The molecule has 0 saturated heterocycles. The molecule has 0 aliphatic carbocycles. The van der Waals surface area contributed by atoms with E-state index in [1.54, 1.807) is 0 Å². The van der Waals surface area contributed by atoms with Gasteiger partial charge in [0.25, 0.3) is 0 Å². The molecule has 0 radical (unpaired) electrons. The number of methoxy groups -OCH3 is 1. The van der Waals surface area contributed by atoms with Crippen molar-refractivity contribution in [2.75, 3.05) is 20.3 Å². The summed E-state index contributed by atoms with van der Waals surface area (Å²) >= 11 is 0. The van der Waals surface area contributed by atoms with Crippen molar-refractivity contribution in [3.63, 3.8) is 0 Å². The van der Waals surface area contributed by atoms with Gasteiger partial charge in [0.15, 0.2) is 0 Å². The predicted octanol–water partition coefficient (Wildman–Crippen LogP) is 3.26. The van der Waals surface area contributed by atoms with Crippen LogP contribution in [0.3, 0.4) is 0 Å². The number of allylic oxidation sites excluding steroid dienone is 2. The van der Waals surface area contributed by atoms with E-state index in [-0.39, 0.29) is 43.8 Å². The number of benzene rings is 2. The number of nitrogens with one attached hydrogen (secondary N) is 2. The Labute approximate surface area is 224 Å². The maximum atomic E-state index is 13.5. The predicted molar refractivity (Wildman–Crippen MR) is 144 cm³/mol. The normalized spacial score (nSPS) is 21.7. The van der Waals surface area contributed by atoms with Crippen molar-refractivity contribution in [2.45, 2.75) is 56.7 Å². The fourth-order valence-electron chi connectivity index (χ4n) is 4.51. The van der Waals surface area contributed by atoms with Gasteiger partial charge in [-0.2, -0.15) is 0 Å². The van der Waals surface area contributed by atoms with Crippen molar-refractivity contribution in [3.05, 3.63) is 83.9 Å². The van der Waals surface area contributed by atoms with Gasteiger partial charge in [-0.05, 0) is 36.8 Å². The summed E-state index contributed by atoms with van der Waals surface area (Å²) in [4.78, 5) is 39.0. The van der Waals surface area contributed by atoms with Gasteiger partial charge in [0, 0.05) is 20.0 Å². The molecule has 4 atom stereocenters. The summed E-state index contributed by atoms with van der Waals surface area (Å²) in [6, 6.07) is 17.8. The average molecular weight is 523 g/mol. The first-order valence-corrected chi connectivity index (χ1v) is 13.1. The molecule has 0 aromatic heterocycles. The second-order valence-electron chi connectivity index (χ2n) is 9.53. The van der Waals surface area contributed by atoms with Crippen LogP contribution in [0, 0.1) is 5.92 Å². The molecule has 1 heterocycles. The van der Waals surface area contributed by atoms with Crippen LogP contribution in [0.15, 0.2) is 72.8 Å². The average Bonchev–Trinajstić information content (AvgIpc) is 2.93.